The minimum absolute atomic E-state index is 0.0283. The van der Waals surface area contributed by atoms with E-state index in [1.165, 1.54) is 37.7 Å². The Morgan fingerprint density at radius 2 is 1.90 bits per heavy atom. The molecule has 0 heterocycles. The summed E-state index contributed by atoms with van der Waals surface area (Å²) in [6, 6.07) is 8.58. The Morgan fingerprint density at radius 1 is 1.29 bits per heavy atom. The van der Waals surface area contributed by atoms with Crippen molar-refractivity contribution < 1.29 is 4.79 Å². The van der Waals surface area contributed by atoms with Crippen molar-refractivity contribution in [2.24, 2.45) is 11.7 Å². The number of hydrogen-bond acceptors (Lipinski definition) is 3. The molecule has 1 unspecified atom stereocenters. The van der Waals surface area contributed by atoms with Gasteiger partial charge in [-0.3, -0.25) is 0 Å². The largest absolute Gasteiger partial charge is 0.330 e. The van der Waals surface area contributed by atoms with Crippen LogP contribution in [0.5, 0.6) is 0 Å². The van der Waals surface area contributed by atoms with Gasteiger partial charge in [0.2, 0.25) is 0 Å². The van der Waals surface area contributed by atoms with Gasteiger partial charge in [0.25, 0.3) is 0 Å². The lowest BCUT2D eigenvalue weighted by molar-refractivity contribution is -0.108. The van der Waals surface area contributed by atoms with E-state index in [9.17, 15) is 4.79 Å². The second-order valence-corrected chi connectivity index (χ2v) is 6.79. The van der Waals surface area contributed by atoms with Gasteiger partial charge in [-0.15, -0.1) is 0 Å². The van der Waals surface area contributed by atoms with Crippen LogP contribution in [0.1, 0.15) is 49.7 Å². The highest BCUT2D eigenvalue weighted by molar-refractivity contribution is 7.98. The van der Waals surface area contributed by atoms with Crippen molar-refractivity contribution in [2.75, 3.05) is 18.6 Å². The number of rotatable bonds is 6. The Kier molecular flexibility index (Phi) is 9.44. The van der Waals surface area contributed by atoms with Crippen LogP contribution in [0.25, 0.3) is 0 Å². The fraction of sp³-hybridized carbons (Fsp3) is 0.611. The molecule has 1 aliphatic carbocycles. The van der Waals surface area contributed by atoms with Gasteiger partial charge in [-0.25, -0.2) is 0 Å². The number of thioether (sulfide) groups is 1. The highest BCUT2D eigenvalue weighted by atomic mass is 32.2. The molecule has 0 aliphatic heterocycles. The Labute approximate surface area is 133 Å². The first-order valence-electron chi connectivity index (χ1n) is 7.94. The lowest BCUT2D eigenvalue weighted by atomic mass is 9.95. The number of aldehydes is 1. The fourth-order valence-electron chi connectivity index (χ4n) is 2.70. The van der Waals surface area contributed by atoms with Gasteiger partial charge in [-0.2, -0.15) is 11.8 Å². The predicted octanol–water partition coefficient (Wildman–Crippen LogP) is 4.03. The van der Waals surface area contributed by atoms with E-state index in [0.29, 0.717) is 0 Å². The van der Waals surface area contributed by atoms with Crippen LogP contribution in [0.15, 0.2) is 24.3 Å². The first-order chi connectivity index (χ1) is 10.2. The first kappa shape index (κ1) is 18.2. The van der Waals surface area contributed by atoms with Crippen LogP contribution in [0, 0.1) is 5.92 Å². The molecule has 1 aliphatic rings. The molecule has 1 atom stereocenters. The number of carbonyl (C=O) groups is 1. The van der Waals surface area contributed by atoms with E-state index < -0.39 is 0 Å². The van der Waals surface area contributed by atoms with E-state index in [4.69, 9.17) is 5.73 Å². The molecule has 2 rings (SSSR count). The molecule has 2 N–H and O–H groups in total. The van der Waals surface area contributed by atoms with Crippen LogP contribution in [-0.4, -0.2) is 24.8 Å². The Balaban J connectivity index is 0.000000383. The van der Waals surface area contributed by atoms with Gasteiger partial charge >= 0.3 is 0 Å². The Hall–Kier alpha value is -0.800. The minimum Gasteiger partial charge on any atom is -0.330 e. The summed E-state index contributed by atoms with van der Waals surface area (Å²) in [5.41, 5.74) is 7.67. The van der Waals surface area contributed by atoms with Gasteiger partial charge in [-0.1, -0.05) is 56.9 Å². The van der Waals surface area contributed by atoms with Crippen LogP contribution in [0.2, 0.25) is 0 Å². The van der Waals surface area contributed by atoms with Crippen molar-refractivity contribution in [3.05, 3.63) is 35.4 Å². The standard InChI is InChI=1S/C15H20O.C3H9NS/c1-12(11-16)15-8-6-14(7-9-15)10-13-4-2-3-5-13;1-5-3-2-4/h6-9,11-13H,2-5,10H2,1H3;2-4H2,1H3. The molecule has 0 saturated heterocycles. The third kappa shape index (κ3) is 7.14. The van der Waals surface area contributed by atoms with Crippen molar-refractivity contribution in [1.29, 1.82) is 0 Å². The second kappa shape index (κ2) is 10.9. The SMILES string of the molecule is CC(C=O)c1ccc(CC2CCCC2)cc1.CSCCN. The van der Waals surface area contributed by atoms with Crippen LogP contribution >= 0.6 is 11.8 Å². The molecule has 1 fully saturated rings. The number of hydrogen-bond donors (Lipinski definition) is 1. The third-order valence-corrected chi connectivity index (χ3v) is 4.67. The maximum absolute atomic E-state index is 10.7. The van der Waals surface area contributed by atoms with Crippen LogP contribution in [-0.2, 0) is 11.2 Å². The van der Waals surface area contributed by atoms with E-state index in [1.54, 1.807) is 11.8 Å². The number of carbonyl (C=O) groups excluding carboxylic acids is 1. The molecule has 3 heteroatoms. The van der Waals surface area contributed by atoms with Crippen LogP contribution < -0.4 is 5.73 Å². The smallest absolute Gasteiger partial charge is 0.127 e. The van der Waals surface area contributed by atoms with E-state index in [-0.39, 0.29) is 5.92 Å². The molecule has 0 bridgehead atoms. The average molecular weight is 308 g/mol. The van der Waals surface area contributed by atoms with E-state index in [0.717, 1.165) is 30.1 Å². The molecular formula is C18H29NOS. The molecule has 2 nitrogen and oxygen atoms in total. The predicted molar refractivity (Wildman–Crippen MR) is 94.0 cm³/mol. The summed E-state index contributed by atoms with van der Waals surface area (Å²) >= 11 is 1.78. The summed E-state index contributed by atoms with van der Waals surface area (Å²) < 4.78 is 0. The van der Waals surface area contributed by atoms with Crippen molar-refractivity contribution in [1.82, 2.24) is 0 Å². The molecule has 1 saturated carbocycles. The highest BCUT2D eigenvalue weighted by Gasteiger charge is 2.15. The van der Waals surface area contributed by atoms with Crippen LogP contribution in [0.3, 0.4) is 0 Å². The minimum atomic E-state index is 0.0283. The maximum Gasteiger partial charge on any atom is 0.127 e. The fourth-order valence-corrected chi connectivity index (χ4v) is 2.94. The average Bonchev–Trinajstić information content (AvgIpc) is 3.02. The topological polar surface area (TPSA) is 43.1 Å². The second-order valence-electron chi connectivity index (χ2n) is 5.80. The summed E-state index contributed by atoms with van der Waals surface area (Å²) in [6.45, 7) is 2.75. The van der Waals surface area contributed by atoms with Gasteiger partial charge in [-0.05, 0) is 29.7 Å². The summed E-state index contributed by atoms with van der Waals surface area (Å²) in [4.78, 5) is 10.7. The molecule has 0 aromatic heterocycles. The summed E-state index contributed by atoms with van der Waals surface area (Å²) in [5.74, 6) is 2.01. The lowest BCUT2D eigenvalue weighted by Crippen LogP contribution is -1.99. The lowest BCUT2D eigenvalue weighted by Gasteiger charge is -2.10. The molecule has 0 amide bonds. The van der Waals surface area contributed by atoms with Crippen LogP contribution in [0.4, 0.5) is 0 Å². The first-order valence-corrected chi connectivity index (χ1v) is 9.33. The number of benzene rings is 1. The molecular weight excluding hydrogens is 278 g/mol. The molecule has 118 valence electrons. The summed E-state index contributed by atoms with van der Waals surface area (Å²) in [6.07, 6.45) is 9.88. The van der Waals surface area contributed by atoms with Crippen molar-refractivity contribution in [2.45, 2.75) is 44.9 Å². The molecule has 1 aromatic carbocycles. The molecule has 0 radical (unpaired) electrons. The quantitative estimate of drug-likeness (QED) is 0.807. The van der Waals surface area contributed by atoms with E-state index in [1.807, 2.05) is 13.2 Å². The summed E-state index contributed by atoms with van der Waals surface area (Å²) in [5, 5.41) is 0. The zero-order valence-electron chi connectivity index (χ0n) is 13.4. The van der Waals surface area contributed by atoms with Gasteiger partial charge in [0, 0.05) is 18.2 Å². The molecule has 21 heavy (non-hydrogen) atoms. The Morgan fingerprint density at radius 3 is 2.33 bits per heavy atom. The van der Waals surface area contributed by atoms with Gasteiger partial charge in [0.05, 0.1) is 0 Å². The normalized spacial score (nSPS) is 16.1. The zero-order valence-corrected chi connectivity index (χ0v) is 14.2. The van der Waals surface area contributed by atoms with E-state index in [2.05, 4.69) is 24.3 Å². The van der Waals surface area contributed by atoms with Gasteiger partial charge < -0.3 is 10.5 Å². The maximum atomic E-state index is 10.7. The number of nitrogens with two attached hydrogens (primary N) is 1. The van der Waals surface area contributed by atoms with Crippen molar-refractivity contribution in [3.63, 3.8) is 0 Å². The Bertz CT molecular complexity index is 383. The van der Waals surface area contributed by atoms with E-state index >= 15 is 0 Å². The third-order valence-electron chi connectivity index (χ3n) is 4.03. The highest BCUT2D eigenvalue weighted by Crippen LogP contribution is 2.28. The van der Waals surface area contributed by atoms with Crippen molar-refractivity contribution >= 4 is 18.0 Å². The van der Waals surface area contributed by atoms with Crippen molar-refractivity contribution in [3.8, 4) is 0 Å². The molecule has 1 aromatic rings. The molecule has 0 spiro atoms. The monoisotopic (exact) mass is 307 g/mol. The van der Waals surface area contributed by atoms with Gasteiger partial charge in [0.1, 0.15) is 6.29 Å². The zero-order chi connectivity index (χ0) is 15.5. The van der Waals surface area contributed by atoms with Gasteiger partial charge in [0.15, 0.2) is 0 Å². The summed E-state index contributed by atoms with van der Waals surface area (Å²) in [7, 11) is 0.